The highest BCUT2D eigenvalue weighted by molar-refractivity contribution is 6.04. The van der Waals surface area contributed by atoms with Gasteiger partial charge in [-0.1, -0.05) is 6.07 Å². The molecule has 4 aromatic rings. The zero-order chi connectivity index (χ0) is 21.3. The number of H-pyrrole nitrogens is 1. The van der Waals surface area contributed by atoms with Gasteiger partial charge in [-0.3, -0.25) is 9.59 Å². The van der Waals surface area contributed by atoms with Crippen LogP contribution in [-0.4, -0.2) is 18.0 Å². The van der Waals surface area contributed by atoms with Crippen molar-refractivity contribution < 1.29 is 13.9 Å². The van der Waals surface area contributed by atoms with Gasteiger partial charge in [0.25, 0.3) is 11.5 Å². The van der Waals surface area contributed by atoms with E-state index < -0.39 is 0 Å². The number of amides is 1. The van der Waals surface area contributed by atoms with E-state index in [0.717, 1.165) is 16.5 Å². The number of carbonyl (C=O) groups is 1. The van der Waals surface area contributed by atoms with E-state index in [4.69, 9.17) is 9.15 Å². The lowest BCUT2D eigenvalue weighted by atomic mass is 10.1. The number of hydrogen-bond acceptors (Lipinski definition) is 4. The SMILES string of the molecule is COc1ccc2[nH]c(=O)c(CN(C(=O)c3ccco3)c3ccc(C)c(C)c3)cc2c1. The number of pyridine rings is 1. The fourth-order valence-corrected chi connectivity index (χ4v) is 3.35. The normalized spacial score (nSPS) is 10.9. The topological polar surface area (TPSA) is 75.5 Å². The molecular formula is C24H22N2O4. The van der Waals surface area contributed by atoms with Gasteiger partial charge in [-0.15, -0.1) is 0 Å². The number of aromatic amines is 1. The predicted molar refractivity (Wildman–Crippen MR) is 116 cm³/mol. The average Bonchev–Trinajstić information content (AvgIpc) is 3.28. The molecule has 0 fully saturated rings. The molecule has 6 heteroatoms. The van der Waals surface area contributed by atoms with Crippen molar-refractivity contribution >= 4 is 22.5 Å². The molecule has 2 heterocycles. The Morgan fingerprint density at radius 3 is 2.60 bits per heavy atom. The summed E-state index contributed by atoms with van der Waals surface area (Å²) in [7, 11) is 1.59. The quantitative estimate of drug-likeness (QED) is 0.530. The lowest BCUT2D eigenvalue weighted by Crippen LogP contribution is -2.32. The van der Waals surface area contributed by atoms with Crippen LogP contribution in [0, 0.1) is 13.8 Å². The Morgan fingerprint density at radius 2 is 1.90 bits per heavy atom. The number of nitrogens with zero attached hydrogens (tertiary/aromatic N) is 1. The minimum absolute atomic E-state index is 0.102. The highest BCUT2D eigenvalue weighted by atomic mass is 16.5. The largest absolute Gasteiger partial charge is 0.497 e. The highest BCUT2D eigenvalue weighted by Crippen LogP contribution is 2.24. The van der Waals surface area contributed by atoms with Crippen LogP contribution in [0.4, 0.5) is 5.69 Å². The van der Waals surface area contributed by atoms with Crippen LogP contribution in [0.15, 0.2) is 70.1 Å². The molecule has 0 bridgehead atoms. The van der Waals surface area contributed by atoms with Crippen molar-refractivity contribution in [2.24, 2.45) is 0 Å². The van der Waals surface area contributed by atoms with Crippen molar-refractivity contribution in [1.29, 1.82) is 0 Å². The maximum atomic E-state index is 13.2. The summed E-state index contributed by atoms with van der Waals surface area (Å²) in [6, 6.07) is 16.3. The fourth-order valence-electron chi connectivity index (χ4n) is 3.35. The summed E-state index contributed by atoms with van der Waals surface area (Å²) in [4.78, 5) is 30.4. The zero-order valence-electron chi connectivity index (χ0n) is 17.1. The molecule has 0 aliphatic carbocycles. The second-order valence-electron chi connectivity index (χ2n) is 7.21. The van der Waals surface area contributed by atoms with Crippen LogP contribution in [-0.2, 0) is 6.54 Å². The van der Waals surface area contributed by atoms with Gasteiger partial charge in [0.1, 0.15) is 5.75 Å². The third kappa shape index (κ3) is 3.72. The Bertz CT molecular complexity index is 1270. The Balaban J connectivity index is 1.79. The predicted octanol–water partition coefficient (Wildman–Crippen LogP) is 4.59. The number of furan rings is 1. The van der Waals surface area contributed by atoms with Crippen LogP contribution < -0.4 is 15.2 Å². The summed E-state index contributed by atoms with van der Waals surface area (Å²) in [5.74, 6) is 0.596. The van der Waals surface area contributed by atoms with Gasteiger partial charge < -0.3 is 19.0 Å². The van der Waals surface area contributed by atoms with Gasteiger partial charge in [-0.2, -0.15) is 0 Å². The number of hydrogen-bond donors (Lipinski definition) is 1. The molecule has 152 valence electrons. The van der Waals surface area contributed by atoms with Crippen LogP contribution in [0.2, 0.25) is 0 Å². The van der Waals surface area contributed by atoms with Gasteiger partial charge in [-0.05, 0) is 73.5 Å². The number of aromatic nitrogens is 1. The first-order valence-corrected chi connectivity index (χ1v) is 9.59. The minimum atomic E-state index is -0.312. The first-order chi connectivity index (χ1) is 14.5. The molecule has 0 aliphatic rings. The highest BCUT2D eigenvalue weighted by Gasteiger charge is 2.22. The van der Waals surface area contributed by atoms with Crippen LogP contribution in [0.25, 0.3) is 10.9 Å². The van der Waals surface area contributed by atoms with E-state index in [2.05, 4.69) is 4.98 Å². The molecule has 0 spiro atoms. The van der Waals surface area contributed by atoms with Gasteiger partial charge in [0, 0.05) is 22.2 Å². The summed E-state index contributed by atoms with van der Waals surface area (Å²) in [6.07, 6.45) is 1.46. The Labute approximate surface area is 173 Å². The van der Waals surface area contributed by atoms with Gasteiger partial charge >= 0.3 is 0 Å². The van der Waals surface area contributed by atoms with Crippen molar-refractivity contribution in [2.75, 3.05) is 12.0 Å². The first kappa shape index (κ1) is 19.5. The van der Waals surface area contributed by atoms with E-state index in [9.17, 15) is 9.59 Å². The molecule has 30 heavy (non-hydrogen) atoms. The molecule has 1 N–H and O–H groups in total. The van der Waals surface area contributed by atoms with Gasteiger partial charge in [0.2, 0.25) is 0 Å². The van der Waals surface area contributed by atoms with Crippen molar-refractivity contribution in [1.82, 2.24) is 4.98 Å². The van der Waals surface area contributed by atoms with Crippen molar-refractivity contribution in [3.8, 4) is 5.75 Å². The summed E-state index contributed by atoms with van der Waals surface area (Å²) < 4.78 is 10.6. The number of anilines is 1. The Kier molecular flexibility index (Phi) is 5.14. The van der Waals surface area contributed by atoms with Gasteiger partial charge in [-0.25, -0.2) is 0 Å². The fraction of sp³-hybridized carbons (Fsp3) is 0.167. The number of ether oxygens (including phenoxy) is 1. The molecule has 4 rings (SSSR count). The lowest BCUT2D eigenvalue weighted by Gasteiger charge is -2.23. The van der Waals surface area contributed by atoms with Crippen LogP contribution in [0.3, 0.4) is 0 Å². The second kappa shape index (κ2) is 7.91. The van der Waals surface area contributed by atoms with E-state index in [1.54, 1.807) is 42.3 Å². The smallest absolute Gasteiger partial charge is 0.294 e. The van der Waals surface area contributed by atoms with Gasteiger partial charge in [0.05, 0.1) is 19.9 Å². The lowest BCUT2D eigenvalue weighted by molar-refractivity contribution is 0.0958. The zero-order valence-corrected chi connectivity index (χ0v) is 17.1. The van der Waals surface area contributed by atoms with Crippen molar-refractivity contribution in [3.63, 3.8) is 0 Å². The molecule has 2 aromatic heterocycles. The Hall–Kier alpha value is -3.80. The third-order valence-electron chi connectivity index (χ3n) is 5.24. The van der Waals surface area contributed by atoms with Crippen LogP contribution in [0.5, 0.6) is 5.75 Å². The van der Waals surface area contributed by atoms with Crippen LogP contribution >= 0.6 is 0 Å². The maximum Gasteiger partial charge on any atom is 0.294 e. The number of aryl methyl sites for hydroxylation is 2. The molecule has 1 amide bonds. The summed E-state index contributed by atoms with van der Waals surface area (Å²) in [6.45, 7) is 4.10. The number of carbonyl (C=O) groups excluding carboxylic acids is 1. The number of fused-ring (bicyclic) bond motifs is 1. The molecule has 2 aromatic carbocycles. The Morgan fingerprint density at radius 1 is 1.07 bits per heavy atom. The molecule has 0 aliphatic heterocycles. The van der Waals surface area contributed by atoms with Crippen molar-refractivity contribution in [3.05, 3.63) is 93.7 Å². The molecule has 0 unspecified atom stereocenters. The number of nitrogens with one attached hydrogen (secondary N) is 1. The first-order valence-electron chi connectivity index (χ1n) is 9.59. The van der Waals surface area contributed by atoms with E-state index in [1.165, 1.54) is 6.26 Å². The molecule has 6 nitrogen and oxygen atoms in total. The maximum absolute atomic E-state index is 13.2. The standard InChI is InChI=1S/C24H22N2O4/c1-15-6-7-19(11-16(15)2)26(24(28)22-5-4-10-30-22)14-18-12-17-13-20(29-3)8-9-21(17)25-23(18)27/h4-13H,14H2,1-3H3,(H,25,27). The number of benzene rings is 2. The molecule has 0 atom stereocenters. The minimum Gasteiger partial charge on any atom is -0.497 e. The molecular weight excluding hydrogens is 380 g/mol. The van der Waals surface area contributed by atoms with Crippen LogP contribution in [0.1, 0.15) is 27.2 Å². The van der Waals surface area contributed by atoms with Gasteiger partial charge in [0.15, 0.2) is 5.76 Å². The summed E-state index contributed by atoms with van der Waals surface area (Å²) >= 11 is 0. The van der Waals surface area contributed by atoms with E-state index in [0.29, 0.717) is 22.5 Å². The summed E-state index contributed by atoms with van der Waals surface area (Å²) in [5.41, 5.74) is 3.81. The number of methoxy groups -OCH3 is 1. The molecule has 0 saturated carbocycles. The molecule has 0 radical (unpaired) electrons. The van der Waals surface area contributed by atoms with E-state index in [-0.39, 0.29) is 23.8 Å². The van der Waals surface area contributed by atoms with E-state index >= 15 is 0 Å². The second-order valence-corrected chi connectivity index (χ2v) is 7.21. The summed E-state index contributed by atoms with van der Waals surface area (Å²) in [5, 5.41) is 0.828. The van der Waals surface area contributed by atoms with E-state index in [1.807, 2.05) is 38.1 Å². The number of rotatable bonds is 5. The molecule has 0 saturated heterocycles. The average molecular weight is 402 g/mol. The van der Waals surface area contributed by atoms with Crippen molar-refractivity contribution in [2.45, 2.75) is 20.4 Å². The third-order valence-corrected chi connectivity index (χ3v) is 5.24. The monoisotopic (exact) mass is 402 g/mol.